The molecule has 0 saturated carbocycles. The molecule has 0 fully saturated rings. The quantitative estimate of drug-likeness (QED) is 0.787. The predicted octanol–water partition coefficient (Wildman–Crippen LogP) is 1.92. The molecule has 0 radical (unpaired) electrons. The summed E-state index contributed by atoms with van der Waals surface area (Å²) >= 11 is 0. The van der Waals surface area contributed by atoms with Gasteiger partial charge in [-0.3, -0.25) is 0 Å². The zero-order chi connectivity index (χ0) is 12.3. The lowest BCUT2D eigenvalue weighted by molar-refractivity contribution is 0.410. The summed E-state index contributed by atoms with van der Waals surface area (Å²) in [6.07, 6.45) is 2.04. The maximum atomic E-state index is 5.94. The lowest BCUT2D eigenvalue weighted by Gasteiger charge is -2.11. The van der Waals surface area contributed by atoms with Gasteiger partial charge in [0.05, 0.1) is 11.4 Å². The molecule has 1 heterocycles. The molecule has 3 N–H and O–H groups in total. The highest BCUT2D eigenvalue weighted by molar-refractivity contribution is 5.68. The van der Waals surface area contributed by atoms with E-state index in [4.69, 9.17) is 5.73 Å². The van der Waals surface area contributed by atoms with E-state index in [1.807, 2.05) is 6.07 Å². The molecule has 5 nitrogen and oxygen atoms in total. The van der Waals surface area contributed by atoms with E-state index in [0.29, 0.717) is 12.2 Å². The molecule has 5 heteroatoms. The molecule has 0 bridgehead atoms. The molecule has 2 aromatic rings. The fourth-order valence-corrected chi connectivity index (χ4v) is 1.60. The van der Waals surface area contributed by atoms with Gasteiger partial charge in [-0.05, 0) is 37.1 Å². The van der Waals surface area contributed by atoms with Crippen molar-refractivity contribution in [3.8, 4) is 0 Å². The SMILES string of the molecule is Cc1cc(N)c(NCCc2ncon2)cc1C. The highest BCUT2D eigenvalue weighted by Gasteiger charge is 2.03. The van der Waals surface area contributed by atoms with Crippen molar-refractivity contribution < 1.29 is 4.52 Å². The lowest BCUT2D eigenvalue weighted by Crippen LogP contribution is -2.08. The van der Waals surface area contributed by atoms with E-state index in [1.54, 1.807) is 0 Å². The van der Waals surface area contributed by atoms with Crippen LogP contribution in [-0.4, -0.2) is 16.7 Å². The number of rotatable bonds is 4. The molecule has 0 aliphatic heterocycles. The Morgan fingerprint density at radius 1 is 1.29 bits per heavy atom. The fraction of sp³-hybridized carbons (Fsp3) is 0.333. The molecular formula is C12H16N4O. The zero-order valence-corrected chi connectivity index (χ0v) is 10.0. The van der Waals surface area contributed by atoms with Crippen molar-refractivity contribution in [2.75, 3.05) is 17.6 Å². The monoisotopic (exact) mass is 232 g/mol. The third kappa shape index (κ3) is 2.75. The van der Waals surface area contributed by atoms with Crippen molar-refractivity contribution in [2.24, 2.45) is 0 Å². The maximum absolute atomic E-state index is 5.94. The molecule has 0 unspecified atom stereocenters. The third-order valence-electron chi connectivity index (χ3n) is 2.74. The molecule has 90 valence electrons. The van der Waals surface area contributed by atoms with Gasteiger partial charge >= 0.3 is 0 Å². The number of nitrogens with zero attached hydrogens (tertiary/aromatic N) is 2. The smallest absolute Gasteiger partial charge is 0.213 e. The van der Waals surface area contributed by atoms with Crippen LogP contribution in [0.1, 0.15) is 17.0 Å². The van der Waals surface area contributed by atoms with Crippen LogP contribution in [0.15, 0.2) is 23.0 Å². The number of nitrogens with two attached hydrogens (primary N) is 1. The van der Waals surface area contributed by atoms with Gasteiger partial charge < -0.3 is 15.6 Å². The predicted molar refractivity (Wildman–Crippen MR) is 66.8 cm³/mol. The minimum atomic E-state index is 0.694. The van der Waals surface area contributed by atoms with Gasteiger partial charge in [-0.15, -0.1) is 0 Å². The van der Waals surface area contributed by atoms with E-state index in [2.05, 4.69) is 39.9 Å². The van der Waals surface area contributed by atoms with E-state index >= 15 is 0 Å². The Kier molecular flexibility index (Phi) is 3.27. The fourth-order valence-electron chi connectivity index (χ4n) is 1.60. The second-order valence-electron chi connectivity index (χ2n) is 4.05. The molecular weight excluding hydrogens is 216 g/mol. The molecule has 0 spiro atoms. The highest BCUT2D eigenvalue weighted by Crippen LogP contribution is 2.22. The van der Waals surface area contributed by atoms with Crippen LogP contribution in [0.25, 0.3) is 0 Å². The van der Waals surface area contributed by atoms with E-state index in [9.17, 15) is 0 Å². The normalized spacial score (nSPS) is 10.5. The Labute approximate surface area is 100 Å². The molecule has 1 aromatic heterocycles. The molecule has 0 saturated heterocycles. The van der Waals surface area contributed by atoms with Crippen LogP contribution in [0, 0.1) is 13.8 Å². The van der Waals surface area contributed by atoms with Crippen LogP contribution in [0.5, 0.6) is 0 Å². The zero-order valence-electron chi connectivity index (χ0n) is 10.0. The van der Waals surface area contributed by atoms with Gasteiger partial charge in [-0.25, -0.2) is 0 Å². The maximum Gasteiger partial charge on any atom is 0.213 e. The first-order valence-corrected chi connectivity index (χ1v) is 5.52. The highest BCUT2D eigenvalue weighted by atomic mass is 16.5. The number of nitrogen functional groups attached to an aromatic ring is 1. The van der Waals surface area contributed by atoms with Crippen molar-refractivity contribution in [1.29, 1.82) is 0 Å². The van der Waals surface area contributed by atoms with Gasteiger partial charge in [-0.1, -0.05) is 5.16 Å². The molecule has 0 aliphatic carbocycles. The topological polar surface area (TPSA) is 77.0 Å². The second kappa shape index (κ2) is 4.86. The van der Waals surface area contributed by atoms with Crippen molar-refractivity contribution >= 4 is 11.4 Å². The first kappa shape index (κ1) is 11.4. The van der Waals surface area contributed by atoms with Crippen LogP contribution >= 0.6 is 0 Å². The van der Waals surface area contributed by atoms with Crippen LogP contribution < -0.4 is 11.1 Å². The summed E-state index contributed by atoms with van der Waals surface area (Å²) in [5.41, 5.74) is 10.1. The molecule has 1 aromatic carbocycles. The number of aryl methyl sites for hydroxylation is 2. The van der Waals surface area contributed by atoms with Gasteiger partial charge in [-0.2, -0.15) is 4.98 Å². The Bertz CT molecular complexity index is 493. The minimum absolute atomic E-state index is 0.694. The number of hydrogen-bond acceptors (Lipinski definition) is 5. The summed E-state index contributed by atoms with van der Waals surface area (Å²) in [7, 11) is 0. The first-order valence-electron chi connectivity index (χ1n) is 5.52. The molecule has 2 rings (SSSR count). The summed E-state index contributed by atoms with van der Waals surface area (Å²) < 4.78 is 4.66. The number of aromatic nitrogens is 2. The number of hydrogen-bond donors (Lipinski definition) is 2. The Balaban J connectivity index is 1.97. The van der Waals surface area contributed by atoms with Gasteiger partial charge in [0, 0.05) is 13.0 Å². The average molecular weight is 232 g/mol. The minimum Gasteiger partial charge on any atom is -0.397 e. The van der Waals surface area contributed by atoms with Crippen molar-refractivity contribution in [3.05, 3.63) is 35.5 Å². The lowest BCUT2D eigenvalue weighted by atomic mass is 10.1. The van der Waals surface area contributed by atoms with Gasteiger partial charge in [0.15, 0.2) is 5.82 Å². The van der Waals surface area contributed by atoms with Gasteiger partial charge in [0.25, 0.3) is 0 Å². The van der Waals surface area contributed by atoms with E-state index in [1.165, 1.54) is 17.5 Å². The molecule has 0 atom stereocenters. The van der Waals surface area contributed by atoms with Gasteiger partial charge in [0.1, 0.15) is 0 Å². The molecule has 0 amide bonds. The summed E-state index contributed by atoms with van der Waals surface area (Å²) in [5, 5.41) is 7.02. The summed E-state index contributed by atoms with van der Waals surface area (Å²) in [4.78, 5) is 3.95. The average Bonchev–Trinajstić information content (AvgIpc) is 2.78. The van der Waals surface area contributed by atoms with Crippen molar-refractivity contribution in [1.82, 2.24) is 10.1 Å². The Morgan fingerprint density at radius 3 is 2.76 bits per heavy atom. The van der Waals surface area contributed by atoms with Gasteiger partial charge in [0.2, 0.25) is 6.39 Å². The van der Waals surface area contributed by atoms with E-state index < -0.39 is 0 Å². The van der Waals surface area contributed by atoms with E-state index in [-0.39, 0.29) is 0 Å². The first-order chi connectivity index (χ1) is 8.16. The number of benzene rings is 1. The Morgan fingerprint density at radius 2 is 2.06 bits per heavy atom. The summed E-state index contributed by atoms with van der Waals surface area (Å²) in [6, 6.07) is 4.03. The van der Waals surface area contributed by atoms with Crippen molar-refractivity contribution in [2.45, 2.75) is 20.3 Å². The van der Waals surface area contributed by atoms with Crippen LogP contribution in [0.3, 0.4) is 0 Å². The summed E-state index contributed by atoms with van der Waals surface area (Å²) in [6.45, 7) is 4.85. The van der Waals surface area contributed by atoms with Crippen LogP contribution in [0.2, 0.25) is 0 Å². The van der Waals surface area contributed by atoms with Crippen LogP contribution in [-0.2, 0) is 6.42 Å². The summed E-state index contributed by atoms with van der Waals surface area (Å²) in [5.74, 6) is 0.694. The van der Waals surface area contributed by atoms with E-state index in [0.717, 1.165) is 17.9 Å². The molecule has 0 aliphatic rings. The third-order valence-corrected chi connectivity index (χ3v) is 2.74. The molecule has 17 heavy (non-hydrogen) atoms. The van der Waals surface area contributed by atoms with Crippen LogP contribution in [0.4, 0.5) is 11.4 Å². The standard InChI is InChI=1S/C12H16N4O/c1-8-5-10(13)11(6-9(8)2)14-4-3-12-15-7-17-16-12/h5-7,14H,3-4,13H2,1-2H3. The number of nitrogens with one attached hydrogen (secondary N) is 1. The number of anilines is 2. The largest absolute Gasteiger partial charge is 0.397 e. The second-order valence-corrected chi connectivity index (χ2v) is 4.05. The van der Waals surface area contributed by atoms with Crippen molar-refractivity contribution in [3.63, 3.8) is 0 Å². The Hall–Kier alpha value is -2.04.